The number of benzene rings is 1. The fourth-order valence-corrected chi connectivity index (χ4v) is 4.80. The molecule has 0 radical (unpaired) electrons. The Morgan fingerprint density at radius 3 is 2.69 bits per heavy atom. The molecule has 0 amide bonds. The van der Waals surface area contributed by atoms with E-state index in [1.807, 2.05) is 13.0 Å². The summed E-state index contributed by atoms with van der Waals surface area (Å²) in [6.45, 7) is 7.38. The number of aromatic hydroxyl groups is 1. The Morgan fingerprint density at radius 1 is 1.38 bits per heavy atom. The predicted molar refractivity (Wildman–Crippen MR) is 103 cm³/mol. The first-order chi connectivity index (χ1) is 12.2. The van der Waals surface area contributed by atoms with Crippen LogP contribution < -0.4 is 4.74 Å². The van der Waals surface area contributed by atoms with Gasteiger partial charge in [-0.05, 0) is 42.7 Å². The second-order valence-electron chi connectivity index (χ2n) is 7.02. The maximum absolute atomic E-state index is 13.2. The van der Waals surface area contributed by atoms with E-state index < -0.39 is 17.3 Å². The number of methoxy groups -OCH3 is 1. The number of phenolic OH excluding ortho intramolecular Hbond substituents is 1. The van der Waals surface area contributed by atoms with E-state index in [4.69, 9.17) is 4.74 Å². The molecular formula is C21H21BrO4. The van der Waals surface area contributed by atoms with Crippen molar-refractivity contribution in [1.82, 2.24) is 0 Å². The Morgan fingerprint density at radius 2 is 2.08 bits per heavy atom. The molecule has 3 rings (SSSR count). The molecule has 0 aliphatic heterocycles. The van der Waals surface area contributed by atoms with Gasteiger partial charge in [0, 0.05) is 21.9 Å². The highest BCUT2D eigenvalue weighted by atomic mass is 79.9. The summed E-state index contributed by atoms with van der Waals surface area (Å²) in [6.07, 6.45) is 5.56. The van der Waals surface area contributed by atoms with Crippen LogP contribution in [0.15, 0.2) is 52.6 Å². The Labute approximate surface area is 161 Å². The lowest BCUT2D eigenvalue weighted by molar-refractivity contribution is -0.137. The van der Waals surface area contributed by atoms with Crippen LogP contribution in [0.25, 0.3) is 0 Å². The van der Waals surface area contributed by atoms with Gasteiger partial charge in [0.2, 0.25) is 0 Å². The molecule has 1 aromatic rings. The normalized spacial score (nSPS) is 28.2. The van der Waals surface area contributed by atoms with Gasteiger partial charge < -0.3 is 9.84 Å². The second kappa shape index (κ2) is 6.54. The minimum Gasteiger partial charge on any atom is -0.504 e. The summed E-state index contributed by atoms with van der Waals surface area (Å²) in [6, 6.07) is 3.44. The van der Waals surface area contributed by atoms with Crippen LogP contribution in [0, 0.1) is 11.3 Å². The number of halogens is 1. The van der Waals surface area contributed by atoms with Crippen molar-refractivity contribution in [2.24, 2.45) is 11.3 Å². The van der Waals surface area contributed by atoms with Crippen molar-refractivity contribution in [1.29, 1.82) is 0 Å². The SMILES string of the molecule is C=CC1=CC[C@H]2C(=O)C=C(C)C(=O)[C@@]2(C)[C@H]1c1cc(Br)cc(OC)c1O. The first-order valence-corrected chi connectivity index (χ1v) is 9.20. The van der Waals surface area contributed by atoms with Crippen molar-refractivity contribution in [3.63, 3.8) is 0 Å². The van der Waals surface area contributed by atoms with Crippen molar-refractivity contribution < 1.29 is 19.4 Å². The molecule has 0 bridgehead atoms. The number of carbonyl (C=O) groups is 2. The molecule has 0 unspecified atom stereocenters. The molecule has 2 aliphatic rings. The number of carbonyl (C=O) groups excluding carboxylic acids is 2. The van der Waals surface area contributed by atoms with E-state index in [9.17, 15) is 14.7 Å². The highest BCUT2D eigenvalue weighted by Crippen LogP contribution is 2.57. The van der Waals surface area contributed by atoms with Crippen LogP contribution in [0.4, 0.5) is 0 Å². The average Bonchev–Trinajstić information content (AvgIpc) is 2.61. The zero-order chi connectivity index (χ0) is 19.2. The van der Waals surface area contributed by atoms with E-state index in [1.165, 1.54) is 13.2 Å². The van der Waals surface area contributed by atoms with Crippen molar-refractivity contribution in [3.8, 4) is 11.5 Å². The van der Waals surface area contributed by atoms with Gasteiger partial charge in [0.05, 0.1) is 12.5 Å². The molecule has 2 aliphatic carbocycles. The van der Waals surface area contributed by atoms with Crippen LogP contribution >= 0.6 is 15.9 Å². The van der Waals surface area contributed by atoms with Crippen LogP contribution in [0.5, 0.6) is 11.5 Å². The Hall–Kier alpha value is -2.14. The smallest absolute Gasteiger partial charge is 0.166 e. The molecule has 0 fully saturated rings. The molecule has 3 atom stereocenters. The summed E-state index contributed by atoms with van der Waals surface area (Å²) >= 11 is 3.44. The average molecular weight is 417 g/mol. The third-order valence-electron chi connectivity index (χ3n) is 5.63. The van der Waals surface area contributed by atoms with Gasteiger partial charge in [-0.25, -0.2) is 0 Å². The third kappa shape index (κ3) is 2.57. The minimum absolute atomic E-state index is 0.0252. The van der Waals surface area contributed by atoms with Crippen molar-refractivity contribution >= 4 is 27.5 Å². The molecule has 136 valence electrons. The number of fused-ring (bicyclic) bond motifs is 1. The van der Waals surface area contributed by atoms with E-state index in [0.29, 0.717) is 23.3 Å². The maximum Gasteiger partial charge on any atom is 0.166 e. The van der Waals surface area contributed by atoms with Gasteiger partial charge in [-0.15, -0.1) is 0 Å². The monoisotopic (exact) mass is 416 g/mol. The number of Topliss-reactive ketones (excluding diaryl/α,β-unsaturated/α-hetero) is 1. The summed E-state index contributed by atoms with van der Waals surface area (Å²) in [4.78, 5) is 25.9. The van der Waals surface area contributed by atoms with Gasteiger partial charge in [0.25, 0.3) is 0 Å². The second-order valence-corrected chi connectivity index (χ2v) is 7.93. The molecular weight excluding hydrogens is 396 g/mol. The van der Waals surface area contributed by atoms with E-state index >= 15 is 0 Å². The first kappa shape index (κ1) is 18.6. The number of rotatable bonds is 3. The Bertz CT molecular complexity index is 880. The molecule has 0 heterocycles. The Balaban J connectivity index is 2.31. The van der Waals surface area contributed by atoms with E-state index in [2.05, 4.69) is 22.5 Å². The number of ketones is 2. The highest BCUT2D eigenvalue weighted by molar-refractivity contribution is 9.10. The standard InChI is InChI=1S/C21H21BrO4/c1-5-12-6-7-15-16(23)8-11(2)20(25)21(15,3)18(12)14-9-13(22)10-17(26-4)19(14)24/h5-6,8-10,15,18,24H,1,7H2,2-4H3/t15-,18+,21+/m0/s1. The van der Waals surface area contributed by atoms with Gasteiger partial charge in [0.15, 0.2) is 23.1 Å². The number of phenols is 1. The molecule has 1 aromatic carbocycles. The van der Waals surface area contributed by atoms with Crippen LogP contribution in [0.1, 0.15) is 31.7 Å². The number of hydrogen-bond acceptors (Lipinski definition) is 4. The molecule has 0 saturated carbocycles. The first-order valence-electron chi connectivity index (χ1n) is 8.41. The van der Waals surface area contributed by atoms with Gasteiger partial charge in [-0.3, -0.25) is 9.59 Å². The number of hydrogen-bond donors (Lipinski definition) is 1. The van der Waals surface area contributed by atoms with Gasteiger partial charge in [-0.1, -0.05) is 41.6 Å². The summed E-state index contributed by atoms with van der Waals surface area (Å²) < 4.78 is 6.00. The molecule has 4 nitrogen and oxygen atoms in total. The molecule has 26 heavy (non-hydrogen) atoms. The van der Waals surface area contributed by atoms with Gasteiger partial charge in [0.1, 0.15) is 0 Å². The topological polar surface area (TPSA) is 63.6 Å². The van der Waals surface area contributed by atoms with E-state index in [1.54, 1.807) is 25.1 Å². The molecule has 0 spiro atoms. The van der Waals surface area contributed by atoms with Crippen LogP contribution in [-0.2, 0) is 9.59 Å². The lowest BCUT2D eigenvalue weighted by atomic mass is 9.53. The van der Waals surface area contributed by atoms with Crippen LogP contribution in [0.3, 0.4) is 0 Å². The van der Waals surface area contributed by atoms with E-state index in [0.717, 1.165) is 10.0 Å². The number of allylic oxidation sites excluding steroid dienone is 5. The third-order valence-corrected chi connectivity index (χ3v) is 6.09. The van der Waals surface area contributed by atoms with Gasteiger partial charge >= 0.3 is 0 Å². The minimum atomic E-state index is -0.989. The maximum atomic E-state index is 13.2. The lowest BCUT2D eigenvalue weighted by Gasteiger charge is -2.47. The molecule has 5 heteroatoms. The fourth-order valence-electron chi connectivity index (χ4n) is 4.34. The highest BCUT2D eigenvalue weighted by Gasteiger charge is 2.55. The van der Waals surface area contributed by atoms with Crippen molar-refractivity contribution in [2.75, 3.05) is 7.11 Å². The quantitative estimate of drug-likeness (QED) is 0.788. The summed E-state index contributed by atoms with van der Waals surface area (Å²) in [7, 11) is 1.48. The lowest BCUT2D eigenvalue weighted by Crippen LogP contribution is -2.49. The molecule has 1 N–H and O–H groups in total. The zero-order valence-corrected chi connectivity index (χ0v) is 16.6. The van der Waals surface area contributed by atoms with Crippen LogP contribution in [-0.4, -0.2) is 23.8 Å². The van der Waals surface area contributed by atoms with E-state index in [-0.39, 0.29) is 17.3 Å². The van der Waals surface area contributed by atoms with Gasteiger partial charge in [-0.2, -0.15) is 0 Å². The molecule has 0 aromatic heterocycles. The zero-order valence-electron chi connectivity index (χ0n) is 15.0. The van der Waals surface area contributed by atoms with Crippen molar-refractivity contribution in [3.05, 3.63) is 58.1 Å². The van der Waals surface area contributed by atoms with Crippen molar-refractivity contribution in [2.45, 2.75) is 26.2 Å². The predicted octanol–water partition coefficient (Wildman–Crippen LogP) is 4.48. The fraction of sp³-hybridized carbons (Fsp3) is 0.333. The van der Waals surface area contributed by atoms with Crippen LogP contribution in [0.2, 0.25) is 0 Å². The Kier molecular flexibility index (Phi) is 4.69. The summed E-state index contributed by atoms with van der Waals surface area (Å²) in [5.74, 6) is -0.788. The molecule has 0 saturated heterocycles. The summed E-state index contributed by atoms with van der Waals surface area (Å²) in [5, 5.41) is 10.8. The summed E-state index contributed by atoms with van der Waals surface area (Å²) in [5.41, 5.74) is 0.836. The largest absolute Gasteiger partial charge is 0.504 e. The number of ether oxygens (including phenoxy) is 1.